The van der Waals surface area contributed by atoms with Gasteiger partial charge in [0.2, 0.25) is 0 Å². The van der Waals surface area contributed by atoms with E-state index in [4.69, 9.17) is 9.84 Å². The molecule has 0 unspecified atom stereocenters. The SMILES string of the molecule is CC(C)COc1ccc(OC(F)(F)F)cc1CN1CC=Cc2cc(C(=O)O)cnc21. The van der Waals surface area contributed by atoms with Gasteiger partial charge in [0.15, 0.2) is 0 Å². The van der Waals surface area contributed by atoms with Crippen LogP contribution in [0.5, 0.6) is 11.5 Å². The molecule has 2 heterocycles. The topological polar surface area (TPSA) is 71.9 Å². The normalized spacial score (nSPS) is 13.3. The second-order valence-corrected chi connectivity index (χ2v) is 7.25. The zero-order valence-electron chi connectivity index (χ0n) is 16.4. The zero-order chi connectivity index (χ0) is 21.9. The molecule has 0 saturated carbocycles. The van der Waals surface area contributed by atoms with Crippen LogP contribution in [0, 0.1) is 5.92 Å². The second-order valence-electron chi connectivity index (χ2n) is 7.25. The molecular formula is C21H21F3N2O4. The third-order valence-corrected chi connectivity index (χ3v) is 4.26. The first-order chi connectivity index (χ1) is 14.1. The van der Waals surface area contributed by atoms with Crippen LogP contribution in [0.4, 0.5) is 19.0 Å². The first kappa shape index (κ1) is 21.5. The van der Waals surface area contributed by atoms with Crippen molar-refractivity contribution in [3.8, 4) is 11.5 Å². The lowest BCUT2D eigenvalue weighted by atomic mass is 10.1. The van der Waals surface area contributed by atoms with E-state index in [1.165, 1.54) is 30.5 Å². The number of hydrogen-bond acceptors (Lipinski definition) is 5. The van der Waals surface area contributed by atoms with E-state index in [-0.39, 0.29) is 23.8 Å². The van der Waals surface area contributed by atoms with E-state index < -0.39 is 12.3 Å². The van der Waals surface area contributed by atoms with Crippen LogP contribution in [0.2, 0.25) is 0 Å². The van der Waals surface area contributed by atoms with Gasteiger partial charge in [-0.1, -0.05) is 26.0 Å². The van der Waals surface area contributed by atoms with Crippen LogP contribution in [-0.2, 0) is 6.54 Å². The van der Waals surface area contributed by atoms with E-state index >= 15 is 0 Å². The quantitative estimate of drug-likeness (QED) is 0.695. The minimum absolute atomic E-state index is 0.0572. The van der Waals surface area contributed by atoms with Gasteiger partial charge in [0.1, 0.15) is 17.3 Å². The Balaban J connectivity index is 1.91. The molecule has 0 spiro atoms. The summed E-state index contributed by atoms with van der Waals surface area (Å²) < 4.78 is 47.8. The Morgan fingerprint density at radius 1 is 1.30 bits per heavy atom. The number of nitrogens with zero attached hydrogens (tertiary/aromatic N) is 2. The molecule has 0 fully saturated rings. The van der Waals surface area contributed by atoms with E-state index in [1.807, 2.05) is 24.8 Å². The highest BCUT2D eigenvalue weighted by molar-refractivity contribution is 5.89. The number of benzene rings is 1. The molecule has 9 heteroatoms. The number of alkyl halides is 3. The third-order valence-electron chi connectivity index (χ3n) is 4.26. The summed E-state index contributed by atoms with van der Waals surface area (Å²) in [7, 11) is 0. The summed E-state index contributed by atoms with van der Waals surface area (Å²) in [5, 5.41) is 9.15. The van der Waals surface area contributed by atoms with E-state index in [2.05, 4.69) is 9.72 Å². The minimum Gasteiger partial charge on any atom is -0.493 e. The van der Waals surface area contributed by atoms with E-state index in [0.29, 0.717) is 35.8 Å². The number of halogens is 3. The molecular weight excluding hydrogens is 401 g/mol. The Kier molecular flexibility index (Phi) is 6.19. The number of fused-ring (bicyclic) bond motifs is 1. The van der Waals surface area contributed by atoms with Crippen molar-refractivity contribution in [1.82, 2.24) is 4.98 Å². The van der Waals surface area contributed by atoms with Crippen molar-refractivity contribution in [3.63, 3.8) is 0 Å². The Hall–Kier alpha value is -3.23. The largest absolute Gasteiger partial charge is 0.573 e. The van der Waals surface area contributed by atoms with Gasteiger partial charge >= 0.3 is 12.3 Å². The van der Waals surface area contributed by atoms with Gasteiger partial charge in [0.25, 0.3) is 0 Å². The lowest BCUT2D eigenvalue weighted by Crippen LogP contribution is -2.27. The molecule has 0 saturated heterocycles. The molecule has 1 aromatic carbocycles. The minimum atomic E-state index is -4.80. The van der Waals surface area contributed by atoms with Crippen LogP contribution in [0.15, 0.2) is 36.5 Å². The van der Waals surface area contributed by atoms with Gasteiger partial charge in [0, 0.05) is 30.4 Å². The van der Waals surface area contributed by atoms with Crippen molar-refractivity contribution in [2.45, 2.75) is 26.8 Å². The number of ether oxygens (including phenoxy) is 2. The third kappa shape index (κ3) is 5.43. The van der Waals surface area contributed by atoms with Gasteiger partial charge in [-0.25, -0.2) is 9.78 Å². The number of rotatable bonds is 7. The summed E-state index contributed by atoms with van der Waals surface area (Å²) >= 11 is 0. The molecule has 6 nitrogen and oxygen atoms in total. The van der Waals surface area contributed by atoms with Crippen LogP contribution in [0.25, 0.3) is 6.08 Å². The van der Waals surface area contributed by atoms with Crippen LogP contribution in [0.1, 0.15) is 35.3 Å². The van der Waals surface area contributed by atoms with Crippen molar-refractivity contribution in [1.29, 1.82) is 0 Å². The second kappa shape index (κ2) is 8.64. The average molecular weight is 422 g/mol. The van der Waals surface area contributed by atoms with E-state index in [1.54, 1.807) is 6.08 Å². The highest BCUT2D eigenvalue weighted by atomic mass is 19.4. The predicted octanol–water partition coefficient (Wildman–Crippen LogP) is 4.75. The summed E-state index contributed by atoms with van der Waals surface area (Å²) in [6.45, 7) is 5.01. The molecule has 1 aliphatic rings. The lowest BCUT2D eigenvalue weighted by molar-refractivity contribution is -0.274. The Labute approximate surface area is 171 Å². The molecule has 1 N–H and O–H groups in total. The van der Waals surface area contributed by atoms with Crippen LogP contribution < -0.4 is 14.4 Å². The fourth-order valence-corrected chi connectivity index (χ4v) is 2.99. The fraction of sp³-hybridized carbons (Fsp3) is 0.333. The number of carboxylic acids is 1. The maximum absolute atomic E-state index is 12.7. The maximum Gasteiger partial charge on any atom is 0.573 e. The number of aromatic nitrogens is 1. The predicted molar refractivity (Wildman–Crippen MR) is 105 cm³/mol. The summed E-state index contributed by atoms with van der Waals surface area (Å²) in [4.78, 5) is 17.3. The van der Waals surface area contributed by atoms with Crippen molar-refractivity contribution in [2.24, 2.45) is 5.92 Å². The number of anilines is 1. The van der Waals surface area contributed by atoms with Crippen molar-refractivity contribution in [3.05, 3.63) is 53.2 Å². The molecule has 30 heavy (non-hydrogen) atoms. The monoisotopic (exact) mass is 422 g/mol. The van der Waals surface area contributed by atoms with Gasteiger partial charge < -0.3 is 19.5 Å². The smallest absolute Gasteiger partial charge is 0.493 e. The molecule has 160 valence electrons. The van der Waals surface area contributed by atoms with Gasteiger partial charge in [0.05, 0.1) is 12.2 Å². The molecule has 0 bridgehead atoms. The summed E-state index contributed by atoms with van der Waals surface area (Å²) in [5.74, 6) is -0.191. The number of carboxylic acid groups (broad SMARTS) is 1. The van der Waals surface area contributed by atoms with Crippen LogP contribution in [-0.4, -0.2) is 35.6 Å². The van der Waals surface area contributed by atoms with Gasteiger partial charge in [-0.2, -0.15) is 0 Å². The molecule has 0 atom stereocenters. The standard InChI is InChI=1S/C21H21F3N2O4/c1-13(2)12-29-18-6-5-17(30-21(22,23)24)9-16(18)11-26-7-3-4-14-8-15(20(27)28)10-25-19(14)26/h3-6,8-10,13H,7,11-12H2,1-2H3,(H,27,28). The summed E-state index contributed by atoms with van der Waals surface area (Å²) in [6.07, 6.45) is 0.0600. The maximum atomic E-state index is 12.7. The molecule has 3 rings (SSSR count). The van der Waals surface area contributed by atoms with Gasteiger partial charge in [-0.15, -0.1) is 13.2 Å². The molecule has 1 aromatic heterocycles. The summed E-state index contributed by atoms with van der Waals surface area (Å²) in [5.41, 5.74) is 1.18. The fourth-order valence-electron chi connectivity index (χ4n) is 2.99. The molecule has 1 aliphatic heterocycles. The van der Waals surface area contributed by atoms with Crippen molar-refractivity contribution < 1.29 is 32.5 Å². The Morgan fingerprint density at radius 2 is 2.07 bits per heavy atom. The average Bonchev–Trinajstić information content (AvgIpc) is 2.65. The van der Waals surface area contributed by atoms with Crippen LogP contribution >= 0.6 is 0 Å². The number of carbonyl (C=O) groups is 1. The van der Waals surface area contributed by atoms with Gasteiger partial charge in [-0.3, -0.25) is 0 Å². The molecule has 2 aromatic rings. The first-order valence-corrected chi connectivity index (χ1v) is 9.28. The van der Waals surface area contributed by atoms with Crippen molar-refractivity contribution >= 4 is 17.9 Å². The number of pyridine rings is 1. The van der Waals surface area contributed by atoms with E-state index in [0.717, 1.165) is 0 Å². The van der Waals surface area contributed by atoms with E-state index in [9.17, 15) is 18.0 Å². The summed E-state index contributed by atoms with van der Waals surface area (Å²) in [6, 6.07) is 5.48. The highest BCUT2D eigenvalue weighted by Crippen LogP contribution is 2.32. The molecule has 0 amide bonds. The number of hydrogen-bond donors (Lipinski definition) is 1. The first-order valence-electron chi connectivity index (χ1n) is 9.28. The zero-order valence-corrected chi connectivity index (χ0v) is 16.4. The highest BCUT2D eigenvalue weighted by Gasteiger charge is 2.31. The Bertz CT molecular complexity index is 958. The van der Waals surface area contributed by atoms with Gasteiger partial charge in [-0.05, 0) is 30.2 Å². The lowest BCUT2D eigenvalue weighted by Gasteiger charge is -2.28. The Morgan fingerprint density at radius 3 is 2.73 bits per heavy atom. The molecule has 0 radical (unpaired) electrons. The van der Waals surface area contributed by atoms with Crippen LogP contribution in [0.3, 0.4) is 0 Å². The number of aromatic carboxylic acids is 1. The molecule has 0 aliphatic carbocycles. The van der Waals surface area contributed by atoms with Crippen molar-refractivity contribution in [2.75, 3.05) is 18.1 Å².